The molecule has 0 radical (unpaired) electrons. The van der Waals surface area contributed by atoms with Crippen molar-refractivity contribution in [3.8, 4) is 6.07 Å². The Morgan fingerprint density at radius 2 is 2.31 bits per heavy atom. The summed E-state index contributed by atoms with van der Waals surface area (Å²) in [5.41, 5.74) is 1.66. The Balaban J connectivity index is 2.31. The molecule has 0 bridgehead atoms. The van der Waals surface area contributed by atoms with Gasteiger partial charge in [0.25, 0.3) is 0 Å². The molecule has 2 rings (SSSR count). The van der Waals surface area contributed by atoms with Crippen molar-refractivity contribution in [3.63, 3.8) is 0 Å². The average Bonchev–Trinajstić information content (AvgIpc) is 2.67. The first kappa shape index (κ1) is 11.6. The molecular formula is C11H7BrIN3. The van der Waals surface area contributed by atoms with Crippen LogP contribution < -0.4 is 0 Å². The number of rotatable bonds is 2. The van der Waals surface area contributed by atoms with Gasteiger partial charge < -0.3 is 0 Å². The molecule has 1 heterocycles. The van der Waals surface area contributed by atoms with Crippen molar-refractivity contribution in [3.05, 3.63) is 49.8 Å². The Morgan fingerprint density at radius 3 is 2.94 bits per heavy atom. The van der Waals surface area contributed by atoms with E-state index in [0.717, 1.165) is 13.6 Å². The number of nitrogens with zero attached hydrogens (tertiary/aromatic N) is 3. The van der Waals surface area contributed by atoms with Crippen molar-refractivity contribution in [1.82, 2.24) is 9.78 Å². The number of halogens is 2. The highest BCUT2D eigenvalue weighted by Crippen LogP contribution is 2.17. The van der Waals surface area contributed by atoms with E-state index in [1.807, 2.05) is 29.1 Å². The first-order chi connectivity index (χ1) is 7.69. The van der Waals surface area contributed by atoms with Gasteiger partial charge in [-0.2, -0.15) is 10.4 Å². The van der Waals surface area contributed by atoms with E-state index < -0.39 is 0 Å². The van der Waals surface area contributed by atoms with Gasteiger partial charge >= 0.3 is 0 Å². The zero-order chi connectivity index (χ0) is 11.5. The third kappa shape index (κ3) is 2.62. The summed E-state index contributed by atoms with van der Waals surface area (Å²) in [7, 11) is 0. The van der Waals surface area contributed by atoms with Gasteiger partial charge in [0.1, 0.15) is 0 Å². The molecule has 1 aromatic heterocycles. The van der Waals surface area contributed by atoms with Crippen molar-refractivity contribution >= 4 is 38.5 Å². The van der Waals surface area contributed by atoms with Crippen molar-refractivity contribution < 1.29 is 0 Å². The molecule has 80 valence electrons. The van der Waals surface area contributed by atoms with Crippen LogP contribution in [-0.2, 0) is 6.54 Å². The Labute approximate surface area is 115 Å². The Morgan fingerprint density at radius 1 is 1.50 bits per heavy atom. The lowest BCUT2D eigenvalue weighted by molar-refractivity contribution is 0.685. The molecule has 0 fully saturated rings. The smallest absolute Gasteiger partial charge is 0.0995 e. The van der Waals surface area contributed by atoms with E-state index in [4.69, 9.17) is 5.26 Å². The van der Waals surface area contributed by atoms with Crippen LogP contribution >= 0.6 is 38.5 Å². The second-order valence-corrected chi connectivity index (χ2v) is 5.43. The Kier molecular flexibility index (Phi) is 3.61. The standard InChI is InChI=1S/C11H7BrIN3/c12-10-2-1-8(9(3-10)4-14)6-16-7-11(13)5-15-16/h1-3,5,7H,6H2. The maximum atomic E-state index is 9.02. The van der Waals surface area contributed by atoms with Crippen LogP contribution in [0.4, 0.5) is 0 Å². The highest BCUT2D eigenvalue weighted by atomic mass is 127. The molecule has 0 unspecified atom stereocenters. The van der Waals surface area contributed by atoms with E-state index in [2.05, 4.69) is 49.7 Å². The molecule has 3 nitrogen and oxygen atoms in total. The summed E-state index contributed by atoms with van der Waals surface area (Å²) in [6.45, 7) is 0.624. The molecule has 0 saturated heterocycles. The number of nitriles is 1. The topological polar surface area (TPSA) is 41.6 Å². The van der Waals surface area contributed by atoms with Gasteiger partial charge in [-0.3, -0.25) is 4.68 Å². The second kappa shape index (κ2) is 4.97. The number of hydrogen-bond acceptors (Lipinski definition) is 2. The van der Waals surface area contributed by atoms with Gasteiger partial charge in [-0.1, -0.05) is 22.0 Å². The van der Waals surface area contributed by atoms with Crippen LogP contribution in [0.1, 0.15) is 11.1 Å². The van der Waals surface area contributed by atoms with Crippen LogP contribution in [0.3, 0.4) is 0 Å². The van der Waals surface area contributed by atoms with Crippen LogP contribution in [-0.4, -0.2) is 9.78 Å². The molecule has 0 saturated carbocycles. The van der Waals surface area contributed by atoms with E-state index in [-0.39, 0.29) is 0 Å². The summed E-state index contributed by atoms with van der Waals surface area (Å²) in [5.74, 6) is 0. The fourth-order valence-electron chi connectivity index (χ4n) is 1.39. The van der Waals surface area contributed by atoms with Crippen LogP contribution in [0.2, 0.25) is 0 Å². The monoisotopic (exact) mass is 387 g/mol. The van der Waals surface area contributed by atoms with Gasteiger partial charge in [-0.05, 0) is 40.3 Å². The van der Waals surface area contributed by atoms with Crippen LogP contribution in [0.25, 0.3) is 0 Å². The van der Waals surface area contributed by atoms with Crippen molar-refractivity contribution in [2.24, 2.45) is 0 Å². The molecule has 0 aliphatic carbocycles. The molecule has 16 heavy (non-hydrogen) atoms. The Bertz CT molecular complexity index is 557. The maximum Gasteiger partial charge on any atom is 0.0995 e. The summed E-state index contributed by atoms with van der Waals surface area (Å²) in [5, 5.41) is 13.2. The van der Waals surface area contributed by atoms with Crippen molar-refractivity contribution in [2.75, 3.05) is 0 Å². The SMILES string of the molecule is N#Cc1cc(Br)ccc1Cn1cc(I)cn1. The van der Waals surface area contributed by atoms with Crippen molar-refractivity contribution in [1.29, 1.82) is 5.26 Å². The summed E-state index contributed by atoms with van der Waals surface area (Å²) in [6.07, 6.45) is 3.75. The van der Waals surface area contributed by atoms with Crippen molar-refractivity contribution in [2.45, 2.75) is 6.54 Å². The van der Waals surface area contributed by atoms with Gasteiger partial charge in [-0.25, -0.2) is 0 Å². The largest absolute Gasteiger partial charge is 0.267 e. The minimum Gasteiger partial charge on any atom is -0.267 e. The molecule has 0 spiro atoms. The fourth-order valence-corrected chi connectivity index (χ4v) is 2.20. The van der Waals surface area contributed by atoms with E-state index in [9.17, 15) is 0 Å². The zero-order valence-electron chi connectivity index (χ0n) is 8.19. The first-order valence-corrected chi connectivity index (χ1v) is 6.42. The van der Waals surface area contributed by atoms with Gasteiger partial charge in [-0.15, -0.1) is 0 Å². The minimum absolute atomic E-state index is 0.624. The van der Waals surface area contributed by atoms with E-state index in [1.54, 1.807) is 6.20 Å². The normalized spacial score (nSPS) is 10.1. The molecule has 0 aliphatic heterocycles. The molecule has 5 heteroatoms. The summed E-state index contributed by atoms with van der Waals surface area (Å²) < 4.78 is 3.84. The summed E-state index contributed by atoms with van der Waals surface area (Å²) in [4.78, 5) is 0. The molecular weight excluding hydrogens is 381 g/mol. The Hall–Kier alpha value is -0.870. The van der Waals surface area contributed by atoms with Gasteiger partial charge in [0.2, 0.25) is 0 Å². The number of benzene rings is 1. The zero-order valence-corrected chi connectivity index (χ0v) is 11.9. The third-order valence-electron chi connectivity index (χ3n) is 2.13. The second-order valence-electron chi connectivity index (χ2n) is 3.27. The van der Waals surface area contributed by atoms with Crippen LogP contribution in [0.5, 0.6) is 0 Å². The van der Waals surface area contributed by atoms with Gasteiger partial charge in [0.05, 0.1) is 27.9 Å². The lowest BCUT2D eigenvalue weighted by Crippen LogP contribution is -2.02. The molecule has 0 N–H and O–H groups in total. The average molecular weight is 388 g/mol. The van der Waals surface area contributed by atoms with Gasteiger partial charge in [0, 0.05) is 10.7 Å². The summed E-state index contributed by atoms with van der Waals surface area (Å²) >= 11 is 5.56. The minimum atomic E-state index is 0.624. The molecule has 2 aromatic rings. The van der Waals surface area contributed by atoms with Gasteiger partial charge in [0.15, 0.2) is 0 Å². The van der Waals surface area contributed by atoms with E-state index in [0.29, 0.717) is 12.1 Å². The van der Waals surface area contributed by atoms with Crippen LogP contribution in [0, 0.1) is 14.9 Å². The molecule has 0 aliphatic rings. The van der Waals surface area contributed by atoms with Crippen LogP contribution in [0.15, 0.2) is 35.1 Å². The predicted octanol–water partition coefficient (Wildman–Crippen LogP) is 3.17. The lowest BCUT2D eigenvalue weighted by Gasteiger charge is -2.04. The van der Waals surface area contributed by atoms with E-state index >= 15 is 0 Å². The predicted molar refractivity (Wildman–Crippen MR) is 72.9 cm³/mol. The first-order valence-electron chi connectivity index (χ1n) is 4.55. The molecule has 1 aromatic carbocycles. The van der Waals surface area contributed by atoms with E-state index in [1.165, 1.54) is 0 Å². The lowest BCUT2D eigenvalue weighted by atomic mass is 10.1. The third-order valence-corrected chi connectivity index (χ3v) is 3.18. The maximum absolute atomic E-state index is 9.02. The highest BCUT2D eigenvalue weighted by Gasteiger charge is 2.04. The fraction of sp³-hybridized carbons (Fsp3) is 0.0909. The number of hydrogen-bond donors (Lipinski definition) is 0. The quantitative estimate of drug-likeness (QED) is 0.742. The number of aromatic nitrogens is 2. The molecule has 0 atom stereocenters. The summed E-state index contributed by atoms with van der Waals surface area (Å²) in [6, 6.07) is 7.89. The molecule has 0 amide bonds. The highest BCUT2D eigenvalue weighted by molar-refractivity contribution is 14.1.